The fourth-order valence-electron chi connectivity index (χ4n) is 1.19. The molecule has 1 aliphatic heterocycles. The van der Waals surface area contributed by atoms with Crippen molar-refractivity contribution in [2.24, 2.45) is 0 Å². The number of pyridine rings is 1. The molecule has 4 heteroatoms. The molecule has 2 rings (SSSR count). The summed E-state index contributed by atoms with van der Waals surface area (Å²) in [5.41, 5.74) is 1.19. The Kier molecular flexibility index (Phi) is 6.00. The highest BCUT2D eigenvalue weighted by molar-refractivity contribution is 5.85. The summed E-state index contributed by atoms with van der Waals surface area (Å²) >= 11 is 0. The molecule has 0 fully saturated rings. The number of allylic oxidation sites excluding steroid dienone is 2. The number of rotatable bonds is 1. The largest absolute Gasteiger partial charge is 0.344 e. The van der Waals surface area contributed by atoms with Crippen molar-refractivity contribution in [3.8, 4) is 0 Å². The first kappa shape index (κ1) is 13.0. The lowest BCUT2D eigenvalue weighted by molar-refractivity contribution is 1.07. The highest BCUT2D eigenvalue weighted by atomic mass is 35.5. The quantitative estimate of drug-likeness (QED) is 0.738. The normalized spacial score (nSPS) is 13.0. The van der Waals surface area contributed by atoms with Gasteiger partial charge in [-0.1, -0.05) is 12.2 Å². The van der Waals surface area contributed by atoms with Crippen LogP contribution in [0.5, 0.6) is 0 Å². The zero-order valence-corrected chi connectivity index (χ0v) is 9.17. The van der Waals surface area contributed by atoms with Crippen LogP contribution in [-0.4, -0.2) is 11.5 Å². The molecule has 0 atom stereocenters. The van der Waals surface area contributed by atoms with E-state index in [0.29, 0.717) is 0 Å². The Bertz CT molecular complexity index is 309. The Morgan fingerprint density at radius 1 is 1.07 bits per heavy atom. The van der Waals surface area contributed by atoms with Gasteiger partial charge in [0, 0.05) is 30.8 Å². The summed E-state index contributed by atoms with van der Waals surface area (Å²) in [6, 6.07) is 4.01. The van der Waals surface area contributed by atoms with E-state index in [1.54, 1.807) is 0 Å². The van der Waals surface area contributed by atoms with E-state index < -0.39 is 0 Å². The van der Waals surface area contributed by atoms with Gasteiger partial charge < -0.3 is 4.90 Å². The number of anilines is 1. The smallest absolute Gasteiger partial charge is 0.0439 e. The first-order chi connectivity index (χ1) is 5.97. The molecule has 1 aromatic rings. The van der Waals surface area contributed by atoms with Crippen LogP contribution in [0.2, 0.25) is 0 Å². The van der Waals surface area contributed by atoms with Crippen molar-refractivity contribution >= 4 is 30.5 Å². The van der Waals surface area contributed by atoms with Crippen LogP contribution in [0.3, 0.4) is 0 Å². The first-order valence-corrected chi connectivity index (χ1v) is 3.97. The summed E-state index contributed by atoms with van der Waals surface area (Å²) in [4.78, 5) is 6.14. The summed E-state index contributed by atoms with van der Waals surface area (Å²) in [6.45, 7) is 0.945. The monoisotopic (exact) mass is 230 g/mol. The lowest BCUT2D eigenvalue weighted by Crippen LogP contribution is -2.17. The minimum absolute atomic E-state index is 0. The molecule has 0 aromatic carbocycles. The third-order valence-electron chi connectivity index (χ3n) is 1.81. The molecule has 0 amide bonds. The Morgan fingerprint density at radius 3 is 2.36 bits per heavy atom. The number of halogens is 2. The summed E-state index contributed by atoms with van der Waals surface area (Å²) in [7, 11) is 0. The molecule has 14 heavy (non-hydrogen) atoms. The summed E-state index contributed by atoms with van der Waals surface area (Å²) < 4.78 is 0. The fraction of sp³-hybridized carbons (Fsp3) is 0.100. The lowest BCUT2D eigenvalue weighted by Gasteiger charge is -2.19. The van der Waals surface area contributed by atoms with Gasteiger partial charge in [-0.05, 0) is 18.2 Å². The maximum Gasteiger partial charge on any atom is 0.0439 e. The maximum absolute atomic E-state index is 3.97. The second-order valence-electron chi connectivity index (χ2n) is 2.63. The van der Waals surface area contributed by atoms with Crippen LogP contribution in [0.25, 0.3) is 0 Å². The van der Waals surface area contributed by atoms with Crippen LogP contribution in [0.15, 0.2) is 49.0 Å². The average Bonchev–Trinajstić information content (AvgIpc) is 2.21. The predicted octanol–water partition coefficient (Wildman–Crippen LogP) is 2.82. The van der Waals surface area contributed by atoms with Gasteiger partial charge in [-0.15, -0.1) is 24.8 Å². The topological polar surface area (TPSA) is 16.1 Å². The van der Waals surface area contributed by atoms with Gasteiger partial charge in [0.15, 0.2) is 0 Å². The average molecular weight is 231 g/mol. The molecular weight excluding hydrogens is 219 g/mol. The molecule has 2 heterocycles. The zero-order chi connectivity index (χ0) is 8.23. The fourth-order valence-corrected chi connectivity index (χ4v) is 1.19. The summed E-state index contributed by atoms with van der Waals surface area (Å²) in [5.74, 6) is 0. The van der Waals surface area contributed by atoms with E-state index in [1.807, 2.05) is 30.6 Å². The second-order valence-corrected chi connectivity index (χ2v) is 2.63. The molecule has 0 spiro atoms. The van der Waals surface area contributed by atoms with Crippen molar-refractivity contribution in [1.82, 2.24) is 4.98 Å². The van der Waals surface area contributed by atoms with E-state index in [2.05, 4.69) is 28.2 Å². The van der Waals surface area contributed by atoms with Crippen molar-refractivity contribution in [1.29, 1.82) is 0 Å². The highest BCUT2D eigenvalue weighted by Crippen LogP contribution is 2.13. The maximum atomic E-state index is 3.97. The van der Waals surface area contributed by atoms with Crippen molar-refractivity contribution < 1.29 is 0 Å². The van der Waals surface area contributed by atoms with E-state index in [-0.39, 0.29) is 24.8 Å². The van der Waals surface area contributed by atoms with Gasteiger partial charge in [0.25, 0.3) is 0 Å². The third-order valence-corrected chi connectivity index (χ3v) is 1.81. The third kappa shape index (κ3) is 3.05. The predicted molar refractivity (Wildman–Crippen MR) is 64.4 cm³/mol. The van der Waals surface area contributed by atoms with Crippen molar-refractivity contribution in [2.45, 2.75) is 0 Å². The molecule has 0 aliphatic carbocycles. The van der Waals surface area contributed by atoms with E-state index in [4.69, 9.17) is 0 Å². The number of aromatic nitrogens is 1. The minimum Gasteiger partial charge on any atom is -0.344 e. The standard InChI is InChI=1S/C10H10N2.2ClH/c1-2-8-12(9-3-1)10-4-6-11-7-5-10;;/h1-8H,9H2;2*1H. The van der Waals surface area contributed by atoms with Crippen LogP contribution >= 0.6 is 24.8 Å². The van der Waals surface area contributed by atoms with Crippen molar-refractivity contribution in [3.05, 3.63) is 49.0 Å². The summed E-state index contributed by atoms with van der Waals surface area (Å²) in [6.07, 6.45) is 11.9. The summed E-state index contributed by atoms with van der Waals surface area (Å²) in [5, 5.41) is 0. The van der Waals surface area contributed by atoms with Crippen LogP contribution in [0.1, 0.15) is 0 Å². The van der Waals surface area contributed by atoms with Crippen molar-refractivity contribution in [2.75, 3.05) is 11.4 Å². The van der Waals surface area contributed by atoms with Gasteiger partial charge in [-0.25, -0.2) is 0 Å². The molecule has 1 aromatic heterocycles. The second kappa shape index (κ2) is 6.46. The molecule has 0 N–H and O–H groups in total. The molecule has 0 saturated heterocycles. The first-order valence-electron chi connectivity index (χ1n) is 3.97. The van der Waals surface area contributed by atoms with Crippen LogP contribution < -0.4 is 4.90 Å². The van der Waals surface area contributed by atoms with E-state index in [1.165, 1.54) is 5.69 Å². The van der Waals surface area contributed by atoms with Gasteiger partial charge >= 0.3 is 0 Å². The van der Waals surface area contributed by atoms with Crippen molar-refractivity contribution in [3.63, 3.8) is 0 Å². The number of hydrogen-bond acceptors (Lipinski definition) is 2. The van der Waals surface area contributed by atoms with E-state index >= 15 is 0 Å². The van der Waals surface area contributed by atoms with Gasteiger partial charge in [0.05, 0.1) is 0 Å². The molecule has 1 aliphatic rings. The Balaban J connectivity index is 0.000000845. The molecule has 0 radical (unpaired) electrons. The minimum atomic E-state index is 0. The lowest BCUT2D eigenvalue weighted by atomic mass is 10.3. The van der Waals surface area contributed by atoms with Crippen LogP contribution in [0, 0.1) is 0 Å². The molecular formula is C10H12Cl2N2. The number of hydrogen-bond donors (Lipinski definition) is 0. The SMILES string of the molecule is C1=CCN(c2ccncc2)C=C1.Cl.Cl. The van der Waals surface area contributed by atoms with Gasteiger partial charge in [-0.3, -0.25) is 4.98 Å². The molecule has 0 saturated carbocycles. The molecule has 0 unspecified atom stereocenters. The van der Waals surface area contributed by atoms with Crippen LogP contribution in [-0.2, 0) is 0 Å². The Hall–Kier alpha value is -0.990. The van der Waals surface area contributed by atoms with E-state index in [9.17, 15) is 0 Å². The van der Waals surface area contributed by atoms with Gasteiger partial charge in [0.2, 0.25) is 0 Å². The zero-order valence-electron chi connectivity index (χ0n) is 7.54. The Labute approximate surface area is 96.2 Å². The molecule has 76 valence electrons. The number of nitrogens with zero attached hydrogens (tertiary/aromatic N) is 2. The highest BCUT2D eigenvalue weighted by Gasteiger charge is 2.00. The Morgan fingerprint density at radius 2 is 1.79 bits per heavy atom. The molecule has 0 bridgehead atoms. The molecule has 2 nitrogen and oxygen atoms in total. The van der Waals surface area contributed by atoms with Gasteiger partial charge in [0.1, 0.15) is 0 Å². The van der Waals surface area contributed by atoms with E-state index in [0.717, 1.165) is 6.54 Å². The van der Waals surface area contributed by atoms with Crippen LogP contribution in [0.4, 0.5) is 5.69 Å². The van der Waals surface area contributed by atoms with Gasteiger partial charge in [-0.2, -0.15) is 0 Å².